The molecule has 0 saturated carbocycles. The van der Waals surface area contributed by atoms with Crippen LogP contribution in [-0.2, 0) is 7.05 Å². The molecule has 0 spiro atoms. The summed E-state index contributed by atoms with van der Waals surface area (Å²) in [6.45, 7) is 11.4. The molecule has 2 heterocycles. The maximum Gasteiger partial charge on any atom is 0.0338 e. The lowest BCUT2D eigenvalue weighted by Gasteiger charge is -2.27. The molecule has 1 aliphatic rings. The highest BCUT2D eigenvalue weighted by molar-refractivity contribution is 5.29. The highest BCUT2D eigenvalue weighted by Crippen LogP contribution is 2.26. The third-order valence-corrected chi connectivity index (χ3v) is 4.19. The van der Waals surface area contributed by atoms with E-state index in [1.165, 1.54) is 29.9 Å². The minimum atomic E-state index is 0.537. The predicted octanol–water partition coefficient (Wildman–Crippen LogP) is 2.00. The molecule has 1 unspecified atom stereocenters. The van der Waals surface area contributed by atoms with Crippen LogP contribution in [0.1, 0.15) is 36.3 Å². The molecule has 1 N–H and O–H groups in total. The summed E-state index contributed by atoms with van der Waals surface area (Å²) in [6, 6.07) is 2.88. The van der Waals surface area contributed by atoms with Gasteiger partial charge in [-0.1, -0.05) is 0 Å². The van der Waals surface area contributed by atoms with E-state index < -0.39 is 0 Å². The Balaban J connectivity index is 2.17. The zero-order valence-electron chi connectivity index (χ0n) is 11.6. The molecule has 96 valence electrons. The Hall–Kier alpha value is -0.800. The molecule has 0 bridgehead atoms. The number of nitrogens with one attached hydrogen (secondary N) is 1. The second-order valence-electron chi connectivity index (χ2n) is 5.20. The van der Waals surface area contributed by atoms with Crippen LogP contribution < -0.4 is 5.32 Å². The van der Waals surface area contributed by atoms with Crippen molar-refractivity contribution in [3.63, 3.8) is 0 Å². The van der Waals surface area contributed by atoms with Crippen LogP contribution in [0.3, 0.4) is 0 Å². The summed E-state index contributed by atoms with van der Waals surface area (Å²) in [4.78, 5) is 2.60. The van der Waals surface area contributed by atoms with Crippen molar-refractivity contribution in [2.24, 2.45) is 7.05 Å². The zero-order valence-corrected chi connectivity index (χ0v) is 11.6. The monoisotopic (exact) mass is 235 g/mol. The van der Waals surface area contributed by atoms with Crippen LogP contribution in [0.25, 0.3) is 0 Å². The van der Waals surface area contributed by atoms with Gasteiger partial charge in [-0.25, -0.2) is 0 Å². The van der Waals surface area contributed by atoms with Crippen molar-refractivity contribution in [2.75, 3.05) is 26.2 Å². The van der Waals surface area contributed by atoms with Gasteiger partial charge in [0.2, 0.25) is 0 Å². The largest absolute Gasteiger partial charge is 0.352 e. The second-order valence-corrected chi connectivity index (χ2v) is 5.20. The molecule has 3 heteroatoms. The van der Waals surface area contributed by atoms with Gasteiger partial charge in [0.15, 0.2) is 0 Å². The quantitative estimate of drug-likeness (QED) is 0.846. The Morgan fingerprint density at radius 1 is 1.24 bits per heavy atom. The first-order chi connectivity index (χ1) is 8.11. The lowest BCUT2D eigenvalue weighted by Crippen LogP contribution is -2.31. The highest BCUT2D eigenvalue weighted by atomic mass is 15.2. The summed E-state index contributed by atoms with van der Waals surface area (Å²) in [5.74, 6) is 0. The average molecular weight is 235 g/mol. The van der Waals surface area contributed by atoms with Gasteiger partial charge in [-0.2, -0.15) is 0 Å². The molecule has 1 aliphatic heterocycles. The van der Waals surface area contributed by atoms with Gasteiger partial charge in [0.25, 0.3) is 0 Å². The molecule has 1 aromatic rings. The van der Waals surface area contributed by atoms with Crippen molar-refractivity contribution in [2.45, 2.75) is 33.2 Å². The third-order valence-electron chi connectivity index (χ3n) is 4.19. The number of hydrogen-bond acceptors (Lipinski definition) is 2. The molecule has 17 heavy (non-hydrogen) atoms. The number of aryl methyl sites for hydroxylation is 1. The summed E-state index contributed by atoms with van der Waals surface area (Å²) >= 11 is 0. The van der Waals surface area contributed by atoms with Crippen LogP contribution in [0.5, 0.6) is 0 Å². The Morgan fingerprint density at radius 3 is 2.65 bits per heavy atom. The van der Waals surface area contributed by atoms with Crippen molar-refractivity contribution in [1.29, 1.82) is 0 Å². The van der Waals surface area contributed by atoms with Gasteiger partial charge in [0.05, 0.1) is 0 Å². The maximum atomic E-state index is 3.47. The van der Waals surface area contributed by atoms with Crippen LogP contribution in [0.4, 0.5) is 0 Å². The van der Waals surface area contributed by atoms with Crippen molar-refractivity contribution in [3.05, 3.63) is 23.0 Å². The normalized spacial score (nSPS) is 20.2. The fourth-order valence-electron chi connectivity index (χ4n) is 2.76. The van der Waals surface area contributed by atoms with E-state index in [0.717, 1.165) is 19.6 Å². The molecule has 0 radical (unpaired) electrons. The van der Waals surface area contributed by atoms with Gasteiger partial charge in [-0.15, -0.1) is 0 Å². The van der Waals surface area contributed by atoms with Gasteiger partial charge >= 0.3 is 0 Å². The van der Waals surface area contributed by atoms with Gasteiger partial charge < -0.3 is 9.88 Å². The minimum Gasteiger partial charge on any atom is -0.352 e. The molecule has 0 amide bonds. The Kier molecular flexibility index (Phi) is 3.89. The van der Waals surface area contributed by atoms with Crippen LogP contribution in [0, 0.1) is 13.8 Å². The predicted molar refractivity (Wildman–Crippen MR) is 72.4 cm³/mol. The fraction of sp³-hybridized carbons (Fsp3) is 0.714. The van der Waals surface area contributed by atoms with Crippen molar-refractivity contribution < 1.29 is 0 Å². The molecule has 3 nitrogen and oxygen atoms in total. The first-order valence-corrected chi connectivity index (χ1v) is 6.69. The van der Waals surface area contributed by atoms with E-state index in [0.29, 0.717) is 6.04 Å². The summed E-state index contributed by atoms with van der Waals surface area (Å²) in [5.41, 5.74) is 4.26. The van der Waals surface area contributed by atoms with Crippen LogP contribution in [0.2, 0.25) is 0 Å². The molecule has 2 rings (SSSR count). The van der Waals surface area contributed by atoms with Crippen molar-refractivity contribution >= 4 is 0 Å². The van der Waals surface area contributed by atoms with E-state index in [2.05, 4.69) is 48.7 Å². The van der Waals surface area contributed by atoms with Gasteiger partial charge in [0.1, 0.15) is 0 Å². The molecule has 0 aromatic carbocycles. The van der Waals surface area contributed by atoms with E-state index >= 15 is 0 Å². The number of nitrogens with zero attached hydrogens (tertiary/aromatic N) is 2. The summed E-state index contributed by atoms with van der Waals surface area (Å²) < 4.78 is 2.29. The van der Waals surface area contributed by atoms with Crippen LogP contribution >= 0.6 is 0 Å². The number of rotatable bonds is 2. The Morgan fingerprint density at radius 2 is 2.00 bits per heavy atom. The summed E-state index contributed by atoms with van der Waals surface area (Å²) in [7, 11) is 2.16. The number of aromatic nitrogens is 1. The van der Waals surface area contributed by atoms with Crippen LogP contribution in [0.15, 0.2) is 6.07 Å². The molecule has 1 atom stereocenters. The maximum absolute atomic E-state index is 3.47. The van der Waals surface area contributed by atoms with Gasteiger partial charge in [0, 0.05) is 37.6 Å². The molecular formula is C14H25N3. The van der Waals surface area contributed by atoms with E-state index in [1.807, 2.05) is 0 Å². The second kappa shape index (κ2) is 5.23. The van der Waals surface area contributed by atoms with Gasteiger partial charge in [-0.05, 0) is 51.9 Å². The standard InChI is InChI=1S/C14H25N3/c1-11-10-14(12(2)16(11)4)13(3)17-8-5-6-15-7-9-17/h10,13,15H,5-9H2,1-4H3. The lowest BCUT2D eigenvalue weighted by atomic mass is 10.1. The Bertz CT molecular complexity index is 373. The van der Waals surface area contributed by atoms with E-state index in [4.69, 9.17) is 0 Å². The molecule has 1 saturated heterocycles. The smallest absolute Gasteiger partial charge is 0.0338 e. The topological polar surface area (TPSA) is 20.2 Å². The van der Waals surface area contributed by atoms with Crippen molar-refractivity contribution in [3.8, 4) is 0 Å². The lowest BCUT2D eigenvalue weighted by molar-refractivity contribution is 0.224. The van der Waals surface area contributed by atoms with E-state index in [1.54, 1.807) is 0 Å². The summed E-state index contributed by atoms with van der Waals surface area (Å²) in [6.07, 6.45) is 1.26. The third kappa shape index (κ3) is 2.55. The highest BCUT2D eigenvalue weighted by Gasteiger charge is 2.20. The van der Waals surface area contributed by atoms with Crippen molar-refractivity contribution in [1.82, 2.24) is 14.8 Å². The molecule has 1 fully saturated rings. The average Bonchev–Trinajstić information content (AvgIpc) is 2.57. The SMILES string of the molecule is Cc1cc(C(C)N2CCCNCC2)c(C)n1C. The first kappa shape index (κ1) is 12.7. The molecule has 1 aromatic heterocycles. The molecule has 0 aliphatic carbocycles. The molecular weight excluding hydrogens is 210 g/mol. The van der Waals surface area contributed by atoms with E-state index in [-0.39, 0.29) is 0 Å². The Labute approximate surface area is 105 Å². The van der Waals surface area contributed by atoms with Gasteiger partial charge in [-0.3, -0.25) is 4.90 Å². The van der Waals surface area contributed by atoms with Crippen LogP contribution in [-0.4, -0.2) is 35.6 Å². The first-order valence-electron chi connectivity index (χ1n) is 6.69. The van der Waals surface area contributed by atoms with E-state index in [9.17, 15) is 0 Å². The number of hydrogen-bond donors (Lipinski definition) is 1. The fourth-order valence-corrected chi connectivity index (χ4v) is 2.76. The minimum absolute atomic E-state index is 0.537. The zero-order chi connectivity index (χ0) is 12.4. The summed E-state index contributed by atoms with van der Waals surface area (Å²) in [5, 5.41) is 3.47.